The van der Waals surface area contributed by atoms with Crippen LogP contribution >= 0.6 is 0 Å². The molecule has 0 bridgehead atoms. The molecule has 0 saturated heterocycles. The zero-order chi connectivity index (χ0) is 15.0. The van der Waals surface area contributed by atoms with Gasteiger partial charge in [0.05, 0.1) is 6.10 Å². The van der Waals surface area contributed by atoms with Gasteiger partial charge >= 0.3 is 0 Å². The molecule has 1 rings (SSSR count). The summed E-state index contributed by atoms with van der Waals surface area (Å²) in [6.45, 7) is 10.6. The molecule has 3 heteroatoms. The van der Waals surface area contributed by atoms with Crippen LogP contribution in [0.4, 0.5) is 0 Å². The standard InChI is InChI=1S/C17H29NO2/c1-14(2)20-16-8-5-7-15(11-16)12-18-13-17(3,4)9-6-10-19/h5,7-8,11,14,18-19H,6,9-10,12-13H2,1-4H3. The van der Waals surface area contributed by atoms with Crippen molar-refractivity contribution in [2.24, 2.45) is 5.41 Å². The van der Waals surface area contributed by atoms with Gasteiger partial charge in [0.25, 0.3) is 0 Å². The van der Waals surface area contributed by atoms with Crippen LogP contribution in [0.25, 0.3) is 0 Å². The maximum absolute atomic E-state index is 8.90. The molecule has 0 heterocycles. The minimum atomic E-state index is 0.204. The summed E-state index contributed by atoms with van der Waals surface area (Å²) in [5.41, 5.74) is 1.45. The first-order valence-corrected chi connectivity index (χ1v) is 7.50. The van der Waals surface area contributed by atoms with Crippen LogP contribution in [0.2, 0.25) is 0 Å². The second-order valence-corrected chi connectivity index (χ2v) is 6.41. The van der Waals surface area contributed by atoms with Crippen molar-refractivity contribution in [3.8, 4) is 5.75 Å². The molecule has 1 aromatic rings. The molecule has 0 aliphatic heterocycles. The highest BCUT2D eigenvalue weighted by atomic mass is 16.5. The van der Waals surface area contributed by atoms with E-state index < -0.39 is 0 Å². The van der Waals surface area contributed by atoms with E-state index in [9.17, 15) is 0 Å². The highest BCUT2D eigenvalue weighted by molar-refractivity contribution is 5.28. The molecule has 0 amide bonds. The number of aliphatic hydroxyl groups excluding tert-OH is 1. The Morgan fingerprint density at radius 1 is 1.30 bits per heavy atom. The highest BCUT2D eigenvalue weighted by Gasteiger charge is 2.16. The van der Waals surface area contributed by atoms with Crippen LogP contribution in [0.1, 0.15) is 46.1 Å². The van der Waals surface area contributed by atoms with E-state index in [1.165, 1.54) is 5.56 Å². The van der Waals surface area contributed by atoms with Crippen molar-refractivity contribution in [3.63, 3.8) is 0 Å². The van der Waals surface area contributed by atoms with Crippen LogP contribution < -0.4 is 10.1 Å². The lowest BCUT2D eigenvalue weighted by Crippen LogP contribution is -2.29. The summed E-state index contributed by atoms with van der Waals surface area (Å²) in [7, 11) is 0. The fourth-order valence-electron chi connectivity index (χ4n) is 2.19. The third-order valence-electron chi connectivity index (χ3n) is 3.21. The first-order chi connectivity index (χ1) is 9.43. The van der Waals surface area contributed by atoms with Crippen molar-refractivity contribution in [2.75, 3.05) is 13.2 Å². The predicted octanol–water partition coefficient (Wildman–Crippen LogP) is 3.36. The van der Waals surface area contributed by atoms with E-state index in [1.807, 2.05) is 26.0 Å². The summed E-state index contributed by atoms with van der Waals surface area (Å²) in [5, 5.41) is 12.4. The monoisotopic (exact) mass is 279 g/mol. The van der Waals surface area contributed by atoms with Crippen molar-refractivity contribution in [2.45, 2.75) is 53.2 Å². The molecular weight excluding hydrogens is 250 g/mol. The molecule has 114 valence electrons. The second-order valence-electron chi connectivity index (χ2n) is 6.41. The predicted molar refractivity (Wildman–Crippen MR) is 84.0 cm³/mol. The minimum absolute atomic E-state index is 0.204. The smallest absolute Gasteiger partial charge is 0.120 e. The van der Waals surface area contributed by atoms with Gasteiger partial charge in [-0.3, -0.25) is 0 Å². The number of hydrogen-bond acceptors (Lipinski definition) is 3. The number of aliphatic hydroxyl groups is 1. The van der Waals surface area contributed by atoms with Gasteiger partial charge in [-0.15, -0.1) is 0 Å². The quantitative estimate of drug-likeness (QED) is 0.728. The zero-order valence-corrected chi connectivity index (χ0v) is 13.3. The van der Waals surface area contributed by atoms with E-state index in [0.717, 1.165) is 31.7 Å². The molecule has 3 nitrogen and oxygen atoms in total. The molecule has 20 heavy (non-hydrogen) atoms. The average Bonchev–Trinajstić information content (AvgIpc) is 2.36. The molecule has 0 atom stereocenters. The van der Waals surface area contributed by atoms with Crippen molar-refractivity contribution < 1.29 is 9.84 Å². The number of benzene rings is 1. The third-order valence-corrected chi connectivity index (χ3v) is 3.21. The molecule has 0 saturated carbocycles. The summed E-state index contributed by atoms with van der Waals surface area (Å²) in [6, 6.07) is 8.23. The van der Waals surface area contributed by atoms with E-state index in [2.05, 4.69) is 31.3 Å². The fourth-order valence-corrected chi connectivity index (χ4v) is 2.19. The molecule has 2 N–H and O–H groups in total. The number of nitrogens with one attached hydrogen (secondary N) is 1. The second kappa shape index (κ2) is 8.28. The lowest BCUT2D eigenvalue weighted by Gasteiger charge is -2.24. The molecule has 0 spiro atoms. The lowest BCUT2D eigenvalue weighted by molar-refractivity contribution is 0.236. The van der Waals surface area contributed by atoms with Crippen LogP contribution in [0.15, 0.2) is 24.3 Å². The molecule has 0 aliphatic carbocycles. The fraction of sp³-hybridized carbons (Fsp3) is 0.647. The van der Waals surface area contributed by atoms with Gasteiger partial charge in [0, 0.05) is 19.7 Å². The highest BCUT2D eigenvalue weighted by Crippen LogP contribution is 2.21. The Balaban J connectivity index is 2.41. The molecule has 0 aliphatic rings. The largest absolute Gasteiger partial charge is 0.491 e. The van der Waals surface area contributed by atoms with E-state index >= 15 is 0 Å². The molecular formula is C17H29NO2. The van der Waals surface area contributed by atoms with E-state index in [-0.39, 0.29) is 18.1 Å². The Labute approximate surface area is 123 Å². The normalized spacial score (nSPS) is 11.9. The third kappa shape index (κ3) is 6.92. The van der Waals surface area contributed by atoms with Gasteiger partial charge in [-0.2, -0.15) is 0 Å². The topological polar surface area (TPSA) is 41.5 Å². The maximum Gasteiger partial charge on any atom is 0.120 e. The van der Waals surface area contributed by atoms with Crippen LogP contribution in [0.3, 0.4) is 0 Å². The summed E-state index contributed by atoms with van der Waals surface area (Å²) in [6.07, 6.45) is 2.11. The lowest BCUT2D eigenvalue weighted by atomic mass is 9.88. The molecule has 0 unspecified atom stereocenters. The van der Waals surface area contributed by atoms with E-state index in [1.54, 1.807) is 0 Å². The maximum atomic E-state index is 8.90. The van der Waals surface area contributed by atoms with Gasteiger partial charge in [0.2, 0.25) is 0 Å². The Morgan fingerprint density at radius 2 is 2.05 bits per heavy atom. The minimum Gasteiger partial charge on any atom is -0.491 e. The van der Waals surface area contributed by atoms with Gasteiger partial charge in [-0.25, -0.2) is 0 Å². The molecule has 0 aromatic heterocycles. The van der Waals surface area contributed by atoms with Gasteiger partial charge in [0.15, 0.2) is 0 Å². The number of hydrogen-bond donors (Lipinski definition) is 2. The Bertz CT molecular complexity index is 388. The van der Waals surface area contributed by atoms with Crippen LogP contribution in [-0.2, 0) is 6.54 Å². The summed E-state index contributed by atoms with van der Waals surface area (Å²) < 4.78 is 5.70. The average molecular weight is 279 g/mol. The Hall–Kier alpha value is -1.06. The van der Waals surface area contributed by atoms with Crippen molar-refractivity contribution in [3.05, 3.63) is 29.8 Å². The first kappa shape index (κ1) is 17.0. The van der Waals surface area contributed by atoms with E-state index in [4.69, 9.17) is 9.84 Å². The first-order valence-electron chi connectivity index (χ1n) is 7.50. The van der Waals surface area contributed by atoms with Gasteiger partial charge in [-0.05, 0) is 49.8 Å². The number of ether oxygens (including phenoxy) is 1. The Morgan fingerprint density at radius 3 is 2.70 bits per heavy atom. The van der Waals surface area contributed by atoms with Crippen molar-refractivity contribution >= 4 is 0 Å². The molecule has 1 aromatic carbocycles. The van der Waals surface area contributed by atoms with Gasteiger partial charge < -0.3 is 15.2 Å². The molecule has 0 radical (unpaired) electrons. The summed E-state index contributed by atoms with van der Waals surface area (Å²) in [5.74, 6) is 0.929. The summed E-state index contributed by atoms with van der Waals surface area (Å²) in [4.78, 5) is 0. The SMILES string of the molecule is CC(C)Oc1cccc(CNCC(C)(C)CCCO)c1. The molecule has 0 fully saturated rings. The summed E-state index contributed by atoms with van der Waals surface area (Å²) >= 11 is 0. The van der Waals surface area contributed by atoms with Gasteiger partial charge in [-0.1, -0.05) is 26.0 Å². The van der Waals surface area contributed by atoms with Crippen molar-refractivity contribution in [1.29, 1.82) is 0 Å². The van der Waals surface area contributed by atoms with Crippen molar-refractivity contribution in [1.82, 2.24) is 5.32 Å². The van der Waals surface area contributed by atoms with Crippen LogP contribution in [0, 0.1) is 5.41 Å². The van der Waals surface area contributed by atoms with E-state index in [0.29, 0.717) is 0 Å². The van der Waals surface area contributed by atoms with Crippen LogP contribution in [0.5, 0.6) is 5.75 Å². The van der Waals surface area contributed by atoms with Crippen LogP contribution in [-0.4, -0.2) is 24.4 Å². The Kier molecular flexibility index (Phi) is 7.03. The zero-order valence-electron chi connectivity index (χ0n) is 13.3. The number of rotatable bonds is 9. The van der Waals surface area contributed by atoms with Gasteiger partial charge in [0.1, 0.15) is 5.75 Å².